The van der Waals surface area contributed by atoms with Crippen molar-refractivity contribution in [3.63, 3.8) is 0 Å². The minimum Gasteiger partial charge on any atom is -0.107 e. The third-order valence-electron chi connectivity index (χ3n) is 1.09. The topological polar surface area (TPSA) is 0 Å². The molecule has 0 saturated heterocycles. The number of halogens is 2. The lowest BCUT2D eigenvalue weighted by molar-refractivity contribution is 0.485. The molecule has 0 aromatic carbocycles. The number of rotatable bonds is 0. The molecule has 0 aromatic rings. The molecule has 36 valence electrons. The first-order valence-corrected chi connectivity index (χ1v) is 3.26. The third-order valence-corrected chi connectivity index (χ3v) is 2.26. The molecule has 1 fully saturated rings. The molecule has 1 rings (SSSR count). The smallest absolute Gasteiger partial charge is 0.0992 e. The summed E-state index contributed by atoms with van der Waals surface area (Å²) in [5.41, 5.74) is 0. The summed E-state index contributed by atoms with van der Waals surface area (Å²) in [6, 6.07) is 0. The van der Waals surface area contributed by atoms with Crippen molar-refractivity contribution in [3.8, 4) is 0 Å². The summed E-state index contributed by atoms with van der Waals surface area (Å²) in [5, 5.41) is 0. The van der Waals surface area contributed by atoms with Gasteiger partial charge in [-0.1, -0.05) is 15.9 Å². The summed E-state index contributed by atoms with van der Waals surface area (Å²) < 4.78 is 0.00694. The highest BCUT2D eigenvalue weighted by molar-refractivity contribution is 9.10. The molecule has 1 aliphatic rings. The Morgan fingerprint density at radius 1 is 1.50 bits per heavy atom. The molecule has 0 N–H and O–H groups in total. The summed E-state index contributed by atoms with van der Waals surface area (Å²) in [4.78, 5) is 0. The zero-order chi connectivity index (χ0) is 4.62. The highest BCUT2D eigenvalue weighted by Gasteiger charge is 2.30. The monoisotopic (exact) mass is 168 g/mol. The summed E-state index contributed by atoms with van der Waals surface area (Å²) >= 11 is 9.05. The predicted octanol–water partition coefficient (Wildman–Crippen LogP) is 2.50. The lowest BCUT2D eigenvalue weighted by Gasteiger charge is -2.28. The highest BCUT2D eigenvalue weighted by atomic mass is 79.9. The van der Waals surface area contributed by atoms with Crippen molar-refractivity contribution in [2.45, 2.75) is 23.0 Å². The summed E-state index contributed by atoms with van der Waals surface area (Å²) in [6.07, 6.45) is 3.55. The number of hydrogen-bond acceptors (Lipinski definition) is 0. The summed E-state index contributed by atoms with van der Waals surface area (Å²) in [6.45, 7) is 0. The quantitative estimate of drug-likeness (QED) is 0.489. The molecule has 6 heavy (non-hydrogen) atoms. The van der Waals surface area contributed by atoms with Crippen LogP contribution < -0.4 is 0 Å². The van der Waals surface area contributed by atoms with Crippen molar-refractivity contribution >= 4 is 27.5 Å². The van der Waals surface area contributed by atoms with E-state index in [4.69, 9.17) is 11.6 Å². The molecule has 0 spiro atoms. The van der Waals surface area contributed by atoms with E-state index >= 15 is 0 Å². The average molecular weight is 169 g/mol. The minimum absolute atomic E-state index is 0.00694. The Balaban J connectivity index is 2.31. The second kappa shape index (κ2) is 1.38. The Morgan fingerprint density at radius 3 is 1.83 bits per heavy atom. The van der Waals surface area contributed by atoms with Crippen molar-refractivity contribution in [2.75, 3.05) is 0 Å². The van der Waals surface area contributed by atoms with Gasteiger partial charge in [-0.05, 0) is 19.3 Å². The van der Waals surface area contributed by atoms with Crippen LogP contribution in [0.2, 0.25) is 0 Å². The van der Waals surface area contributed by atoms with Crippen LogP contribution in [-0.4, -0.2) is 3.78 Å². The van der Waals surface area contributed by atoms with E-state index in [0.29, 0.717) is 0 Å². The Morgan fingerprint density at radius 2 is 1.83 bits per heavy atom. The number of hydrogen-bond donors (Lipinski definition) is 0. The standard InChI is InChI=1S/C4H6BrCl/c5-4(6)2-1-3-4/h1-3H2. The average Bonchev–Trinajstić information content (AvgIpc) is 1.32. The molecule has 0 heterocycles. The van der Waals surface area contributed by atoms with E-state index in [0.717, 1.165) is 12.8 Å². The van der Waals surface area contributed by atoms with Crippen LogP contribution in [0.3, 0.4) is 0 Å². The molecule has 0 amide bonds. The van der Waals surface area contributed by atoms with E-state index in [1.165, 1.54) is 6.42 Å². The van der Waals surface area contributed by atoms with Gasteiger partial charge < -0.3 is 0 Å². The van der Waals surface area contributed by atoms with Crippen molar-refractivity contribution in [1.29, 1.82) is 0 Å². The van der Waals surface area contributed by atoms with Crippen LogP contribution in [-0.2, 0) is 0 Å². The van der Waals surface area contributed by atoms with E-state index in [2.05, 4.69) is 15.9 Å². The molecular formula is C4H6BrCl. The van der Waals surface area contributed by atoms with Gasteiger partial charge in [0.1, 0.15) is 0 Å². The molecule has 1 saturated carbocycles. The predicted molar refractivity (Wildman–Crippen MR) is 31.4 cm³/mol. The van der Waals surface area contributed by atoms with Crippen molar-refractivity contribution < 1.29 is 0 Å². The molecule has 0 radical (unpaired) electrons. The lowest BCUT2D eigenvalue weighted by Crippen LogP contribution is -2.21. The second-order valence-corrected chi connectivity index (χ2v) is 4.41. The first kappa shape index (κ1) is 4.92. The maximum absolute atomic E-state index is 5.72. The largest absolute Gasteiger partial charge is 0.107 e. The van der Waals surface area contributed by atoms with Crippen molar-refractivity contribution in [1.82, 2.24) is 0 Å². The van der Waals surface area contributed by atoms with Gasteiger partial charge in [0, 0.05) is 0 Å². The van der Waals surface area contributed by atoms with Crippen LogP contribution in [0.15, 0.2) is 0 Å². The van der Waals surface area contributed by atoms with Crippen LogP contribution in [0.1, 0.15) is 19.3 Å². The fourth-order valence-corrected chi connectivity index (χ4v) is 1.27. The SMILES string of the molecule is ClC1(Br)CCC1. The van der Waals surface area contributed by atoms with E-state index in [-0.39, 0.29) is 3.78 Å². The molecule has 2 heteroatoms. The molecular weight excluding hydrogens is 163 g/mol. The van der Waals surface area contributed by atoms with Gasteiger partial charge in [-0.15, -0.1) is 11.6 Å². The van der Waals surface area contributed by atoms with Gasteiger partial charge in [-0.3, -0.25) is 0 Å². The Bertz CT molecular complexity index is 54.6. The van der Waals surface area contributed by atoms with Crippen molar-refractivity contribution in [2.24, 2.45) is 0 Å². The van der Waals surface area contributed by atoms with E-state index < -0.39 is 0 Å². The Hall–Kier alpha value is 0.770. The third kappa shape index (κ3) is 0.881. The van der Waals surface area contributed by atoms with Crippen LogP contribution in [0.5, 0.6) is 0 Å². The van der Waals surface area contributed by atoms with Gasteiger partial charge in [0.25, 0.3) is 0 Å². The first-order valence-electron chi connectivity index (χ1n) is 2.09. The summed E-state index contributed by atoms with van der Waals surface area (Å²) in [5.74, 6) is 0. The Labute approximate surface area is 51.0 Å². The van der Waals surface area contributed by atoms with Gasteiger partial charge in [0.05, 0.1) is 3.78 Å². The first-order chi connectivity index (χ1) is 2.71. The molecule has 0 atom stereocenters. The maximum Gasteiger partial charge on any atom is 0.0992 e. The number of alkyl halides is 2. The van der Waals surface area contributed by atoms with Crippen LogP contribution >= 0.6 is 27.5 Å². The van der Waals surface area contributed by atoms with Gasteiger partial charge >= 0.3 is 0 Å². The van der Waals surface area contributed by atoms with Crippen LogP contribution in [0, 0.1) is 0 Å². The Kier molecular flexibility index (Phi) is 1.13. The fourth-order valence-electron chi connectivity index (χ4n) is 0.444. The van der Waals surface area contributed by atoms with Crippen LogP contribution in [0.25, 0.3) is 0 Å². The molecule has 0 aromatic heterocycles. The van der Waals surface area contributed by atoms with Gasteiger partial charge in [0.15, 0.2) is 0 Å². The zero-order valence-corrected chi connectivity index (χ0v) is 5.72. The fraction of sp³-hybridized carbons (Fsp3) is 1.00. The van der Waals surface area contributed by atoms with Crippen molar-refractivity contribution in [3.05, 3.63) is 0 Å². The van der Waals surface area contributed by atoms with Gasteiger partial charge in [-0.2, -0.15) is 0 Å². The molecule has 0 bridgehead atoms. The second-order valence-electron chi connectivity index (χ2n) is 1.71. The van der Waals surface area contributed by atoms with Gasteiger partial charge in [0.2, 0.25) is 0 Å². The van der Waals surface area contributed by atoms with E-state index in [9.17, 15) is 0 Å². The highest BCUT2D eigenvalue weighted by Crippen LogP contribution is 2.43. The lowest BCUT2D eigenvalue weighted by atomic mass is 10.00. The van der Waals surface area contributed by atoms with Crippen LogP contribution in [0.4, 0.5) is 0 Å². The van der Waals surface area contributed by atoms with Gasteiger partial charge in [-0.25, -0.2) is 0 Å². The molecule has 0 aliphatic heterocycles. The maximum atomic E-state index is 5.72. The molecule has 1 aliphatic carbocycles. The minimum atomic E-state index is 0.00694. The molecule has 0 unspecified atom stereocenters. The van der Waals surface area contributed by atoms with E-state index in [1.807, 2.05) is 0 Å². The molecule has 0 nitrogen and oxygen atoms in total. The van der Waals surface area contributed by atoms with E-state index in [1.54, 1.807) is 0 Å². The summed E-state index contributed by atoms with van der Waals surface area (Å²) in [7, 11) is 0. The normalized spacial score (nSPS) is 29.0. The zero-order valence-electron chi connectivity index (χ0n) is 3.38.